The van der Waals surface area contributed by atoms with E-state index in [0.717, 1.165) is 31.4 Å². The summed E-state index contributed by atoms with van der Waals surface area (Å²) in [6.45, 7) is 0. The molecule has 1 aliphatic carbocycles. The Morgan fingerprint density at radius 2 is 1.58 bits per heavy atom. The number of aliphatic carboxylic acids is 2. The van der Waals surface area contributed by atoms with E-state index >= 15 is 0 Å². The van der Waals surface area contributed by atoms with E-state index in [9.17, 15) is 39.5 Å². The number of carboxylic acid groups (broad SMARTS) is 2. The van der Waals surface area contributed by atoms with Crippen molar-refractivity contribution in [3.63, 3.8) is 0 Å². The van der Waals surface area contributed by atoms with E-state index < -0.39 is 44.8 Å². The van der Waals surface area contributed by atoms with Gasteiger partial charge in [-0.3, -0.25) is 15.0 Å². The summed E-state index contributed by atoms with van der Waals surface area (Å²) in [7, 11) is 2.85. The summed E-state index contributed by atoms with van der Waals surface area (Å²) in [5.41, 5.74) is -0.716. The van der Waals surface area contributed by atoms with Crippen LogP contribution in [0.25, 0.3) is 0 Å². The molecule has 2 atom stereocenters. The molecule has 2 aromatic carbocycles. The second kappa shape index (κ2) is 11.9. The highest BCUT2D eigenvalue weighted by Gasteiger charge is 2.51. The third-order valence-electron chi connectivity index (χ3n) is 7.06. The molecule has 0 bridgehead atoms. The Morgan fingerprint density at radius 3 is 2.08 bits per heavy atom. The van der Waals surface area contributed by atoms with Gasteiger partial charge in [0.25, 0.3) is 5.69 Å². The lowest BCUT2D eigenvalue weighted by Gasteiger charge is -2.39. The minimum atomic E-state index is -1.60. The molecule has 2 aromatic rings. The number of carbonyl (C=O) groups is 4. The van der Waals surface area contributed by atoms with E-state index in [1.54, 1.807) is 30.1 Å². The fraction of sp³-hybridized carbons (Fsp3) is 0.333. The van der Waals surface area contributed by atoms with Crippen molar-refractivity contribution in [1.29, 1.82) is 0 Å². The Morgan fingerprint density at radius 1 is 1.00 bits per heavy atom. The highest BCUT2D eigenvalue weighted by atomic mass is 16.6. The second-order valence-electron chi connectivity index (χ2n) is 9.39. The number of carboxylic acids is 2. The van der Waals surface area contributed by atoms with Gasteiger partial charge in [-0.1, -0.05) is 37.5 Å². The zero-order valence-corrected chi connectivity index (χ0v) is 21.1. The number of imide groups is 1. The van der Waals surface area contributed by atoms with E-state index in [0.29, 0.717) is 18.9 Å². The van der Waals surface area contributed by atoms with Crippen molar-refractivity contribution in [3.8, 4) is 0 Å². The molecule has 1 saturated carbocycles. The molecule has 3 rings (SSSR count). The number of nitro groups is 1. The molecule has 0 radical (unpaired) electrons. The van der Waals surface area contributed by atoms with Gasteiger partial charge in [0, 0.05) is 36.4 Å². The average Bonchev–Trinajstić information content (AvgIpc) is 2.92. The van der Waals surface area contributed by atoms with Gasteiger partial charge in [0.1, 0.15) is 5.69 Å². The fourth-order valence-corrected chi connectivity index (χ4v) is 4.92. The van der Waals surface area contributed by atoms with E-state index in [2.05, 4.69) is 0 Å². The Bertz CT molecular complexity index is 1250. The summed E-state index contributed by atoms with van der Waals surface area (Å²) in [6, 6.07) is 11.0. The van der Waals surface area contributed by atoms with Crippen LogP contribution in [0.1, 0.15) is 42.5 Å². The number of hydrogen-bond donors (Lipinski definition) is 2. The molecule has 0 aliphatic heterocycles. The van der Waals surface area contributed by atoms with E-state index in [-0.39, 0.29) is 23.0 Å². The first-order chi connectivity index (χ1) is 18.0. The summed E-state index contributed by atoms with van der Waals surface area (Å²) in [6.07, 6.45) is 4.54. The van der Waals surface area contributed by atoms with Crippen molar-refractivity contribution in [1.82, 2.24) is 9.38 Å². The molecule has 11 nitrogen and oxygen atoms in total. The van der Waals surface area contributed by atoms with Crippen LogP contribution in [0, 0.1) is 10.1 Å². The number of nitrogens with zero attached hydrogens (tertiary/aromatic N) is 3. The van der Waals surface area contributed by atoms with Gasteiger partial charge in [0.15, 0.2) is 6.04 Å². The minimum Gasteiger partial charge on any atom is -0.478 e. The van der Waals surface area contributed by atoms with Gasteiger partial charge in [-0.25, -0.2) is 19.2 Å². The standard InChI is InChI=1S/C27H29N3O8/c1-28(19-11-7-4-8-12-19)24(22(27(35)36)17-23(31)32)26(34)30(2,25(33)18-9-5-3-6-10-18)21-15-13-20(14-16-21)29(37)38/h3,5-6,9-10,13-17,19,24H,4,7-8,11-12H2,1-2H3,(H-,31,32,35,36)/p+1. The third-order valence-corrected chi connectivity index (χ3v) is 7.06. The summed E-state index contributed by atoms with van der Waals surface area (Å²) >= 11 is 0. The van der Waals surface area contributed by atoms with E-state index in [1.807, 2.05) is 0 Å². The van der Waals surface area contributed by atoms with Crippen LogP contribution < -0.4 is 4.48 Å². The lowest BCUT2D eigenvalue weighted by molar-refractivity contribution is -0.384. The zero-order chi connectivity index (χ0) is 28.0. The minimum absolute atomic E-state index is 0.0663. The van der Waals surface area contributed by atoms with Crippen LogP contribution in [0.2, 0.25) is 0 Å². The molecule has 0 aromatic heterocycles. The van der Waals surface area contributed by atoms with Gasteiger partial charge in [-0.15, -0.1) is 0 Å². The SMILES string of the molecule is CN(C1CCCCC1)C(C(=O)[N+](C)(C(=O)c1ccccc1)c1ccc([N+](=O)[O-])cc1)C(=CC(=O)O)C(=O)O. The maximum atomic E-state index is 14.5. The molecule has 200 valence electrons. The smallest absolute Gasteiger partial charge is 0.358 e. The Labute approximate surface area is 219 Å². The Hall–Kier alpha value is -4.22. The molecule has 1 aliphatic rings. The average molecular weight is 525 g/mol. The molecular weight excluding hydrogens is 494 g/mol. The third kappa shape index (κ3) is 5.84. The highest BCUT2D eigenvalue weighted by Crippen LogP contribution is 2.32. The molecule has 11 heteroatoms. The molecule has 0 saturated heterocycles. The van der Waals surface area contributed by atoms with E-state index in [1.165, 1.54) is 31.3 Å². The van der Waals surface area contributed by atoms with Gasteiger partial charge in [-0.2, -0.15) is 4.48 Å². The predicted octanol–water partition coefficient (Wildman–Crippen LogP) is 3.63. The summed E-state index contributed by atoms with van der Waals surface area (Å²) < 4.78 is -1.08. The first kappa shape index (κ1) is 28.4. The van der Waals surface area contributed by atoms with Gasteiger partial charge < -0.3 is 10.2 Å². The summed E-state index contributed by atoms with van der Waals surface area (Å²) in [5.74, 6) is -4.74. The Balaban J connectivity index is 2.25. The van der Waals surface area contributed by atoms with Gasteiger partial charge >= 0.3 is 23.8 Å². The van der Waals surface area contributed by atoms with Crippen molar-refractivity contribution < 1.29 is 34.3 Å². The number of quaternary nitrogens is 1. The van der Waals surface area contributed by atoms with Gasteiger partial charge in [0.05, 0.1) is 23.1 Å². The van der Waals surface area contributed by atoms with Crippen LogP contribution in [-0.2, 0) is 14.4 Å². The lowest BCUT2D eigenvalue weighted by atomic mass is 9.91. The maximum Gasteiger partial charge on any atom is 0.358 e. The predicted molar refractivity (Wildman–Crippen MR) is 138 cm³/mol. The van der Waals surface area contributed by atoms with Crippen LogP contribution >= 0.6 is 0 Å². The lowest BCUT2D eigenvalue weighted by Crippen LogP contribution is -2.64. The number of carbonyl (C=O) groups excluding carboxylic acids is 2. The van der Waals surface area contributed by atoms with Crippen LogP contribution in [0.15, 0.2) is 66.2 Å². The van der Waals surface area contributed by atoms with Crippen LogP contribution in [0.4, 0.5) is 11.4 Å². The van der Waals surface area contributed by atoms with Gasteiger partial charge in [-0.05, 0) is 32.0 Å². The largest absolute Gasteiger partial charge is 0.478 e. The van der Waals surface area contributed by atoms with Crippen molar-refractivity contribution in [2.75, 3.05) is 14.1 Å². The normalized spacial score (nSPS) is 16.9. The van der Waals surface area contributed by atoms with Crippen LogP contribution in [0.5, 0.6) is 0 Å². The number of hydrogen-bond acceptors (Lipinski definition) is 7. The molecule has 2 unspecified atom stereocenters. The maximum absolute atomic E-state index is 14.5. The molecule has 38 heavy (non-hydrogen) atoms. The van der Waals surface area contributed by atoms with Crippen molar-refractivity contribution >= 4 is 35.1 Å². The molecule has 0 heterocycles. The zero-order valence-electron chi connectivity index (χ0n) is 21.1. The number of rotatable bonds is 9. The molecule has 2 N–H and O–H groups in total. The fourth-order valence-electron chi connectivity index (χ4n) is 4.92. The molecule has 2 amide bonds. The van der Waals surface area contributed by atoms with E-state index in [4.69, 9.17) is 0 Å². The molecular formula is C27H30N3O8+. The number of benzene rings is 2. The number of non-ortho nitro benzene ring substituents is 1. The first-order valence-corrected chi connectivity index (χ1v) is 12.1. The number of likely N-dealkylation sites (N-methyl/N-ethyl adjacent to an activating group) is 2. The molecule has 1 fully saturated rings. The van der Waals surface area contributed by atoms with Crippen molar-refractivity contribution in [2.45, 2.75) is 44.2 Å². The monoisotopic (exact) mass is 524 g/mol. The highest BCUT2D eigenvalue weighted by molar-refractivity contribution is 6.19. The van der Waals surface area contributed by atoms with Gasteiger partial charge in [0.2, 0.25) is 0 Å². The number of nitro benzene ring substituents is 1. The second-order valence-corrected chi connectivity index (χ2v) is 9.39. The van der Waals surface area contributed by atoms with Crippen molar-refractivity contribution in [2.24, 2.45) is 0 Å². The van der Waals surface area contributed by atoms with Crippen LogP contribution in [0.3, 0.4) is 0 Å². The Kier molecular flexibility index (Phi) is 8.87. The first-order valence-electron chi connectivity index (χ1n) is 12.1. The van der Waals surface area contributed by atoms with Crippen LogP contribution in [-0.4, -0.2) is 70.0 Å². The van der Waals surface area contributed by atoms with Crippen molar-refractivity contribution in [3.05, 3.63) is 81.9 Å². The number of amides is 2. The quantitative estimate of drug-likeness (QED) is 0.216. The summed E-state index contributed by atoms with van der Waals surface area (Å²) in [5, 5.41) is 30.7. The summed E-state index contributed by atoms with van der Waals surface area (Å²) in [4.78, 5) is 64.5. The topological polar surface area (TPSA) is 155 Å². The molecule has 0 spiro atoms.